The second-order valence-electron chi connectivity index (χ2n) is 6.88. The first-order chi connectivity index (χ1) is 14.3. The SMILES string of the molecule is O=C(CCc1cccnc1)N1CCN(c2ccccc2Nc2n[c]ccn2)CC1. The molecule has 1 radical (unpaired) electrons. The van der Waals surface area contributed by atoms with Gasteiger partial charge < -0.3 is 15.1 Å². The van der Waals surface area contributed by atoms with Crippen molar-refractivity contribution in [1.29, 1.82) is 0 Å². The average molecular weight is 387 g/mol. The van der Waals surface area contributed by atoms with Crippen LogP contribution >= 0.6 is 0 Å². The van der Waals surface area contributed by atoms with Crippen LogP contribution in [0.3, 0.4) is 0 Å². The third kappa shape index (κ3) is 4.87. The molecule has 0 atom stereocenters. The highest BCUT2D eigenvalue weighted by atomic mass is 16.2. The highest BCUT2D eigenvalue weighted by Crippen LogP contribution is 2.28. The summed E-state index contributed by atoms with van der Waals surface area (Å²) in [6, 6.07) is 13.7. The Balaban J connectivity index is 1.34. The molecule has 0 unspecified atom stereocenters. The molecule has 2 aromatic heterocycles. The summed E-state index contributed by atoms with van der Waals surface area (Å²) in [6.07, 6.45) is 9.27. The third-order valence-electron chi connectivity index (χ3n) is 4.99. The van der Waals surface area contributed by atoms with Crippen LogP contribution in [-0.4, -0.2) is 51.9 Å². The highest BCUT2D eigenvalue weighted by molar-refractivity contribution is 5.77. The maximum absolute atomic E-state index is 12.6. The topological polar surface area (TPSA) is 74.2 Å². The summed E-state index contributed by atoms with van der Waals surface area (Å²) >= 11 is 0. The molecule has 1 amide bonds. The number of hydrogen-bond donors (Lipinski definition) is 1. The molecule has 3 heterocycles. The number of rotatable bonds is 6. The number of aryl methyl sites for hydroxylation is 1. The predicted octanol–water partition coefficient (Wildman–Crippen LogP) is 2.70. The van der Waals surface area contributed by atoms with Crippen molar-refractivity contribution >= 4 is 23.2 Å². The van der Waals surface area contributed by atoms with Gasteiger partial charge in [-0.3, -0.25) is 9.78 Å². The van der Waals surface area contributed by atoms with Gasteiger partial charge in [-0.25, -0.2) is 9.97 Å². The Morgan fingerprint density at radius 2 is 1.93 bits per heavy atom. The van der Waals surface area contributed by atoms with E-state index < -0.39 is 0 Å². The van der Waals surface area contributed by atoms with Crippen LogP contribution in [0.15, 0.2) is 61.1 Å². The van der Waals surface area contributed by atoms with Gasteiger partial charge in [0.05, 0.1) is 17.6 Å². The van der Waals surface area contributed by atoms with Crippen LogP contribution in [0.1, 0.15) is 12.0 Å². The van der Waals surface area contributed by atoms with Crippen LogP contribution < -0.4 is 10.2 Å². The fourth-order valence-corrected chi connectivity index (χ4v) is 3.46. The van der Waals surface area contributed by atoms with Crippen molar-refractivity contribution < 1.29 is 4.79 Å². The number of anilines is 3. The minimum absolute atomic E-state index is 0.202. The first-order valence-corrected chi connectivity index (χ1v) is 9.76. The van der Waals surface area contributed by atoms with E-state index in [-0.39, 0.29) is 5.91 Å². The van der Waals surface area contributed by atoms with Crippen LogP contribution in [0.5, 0.6) is 0 Å². The number of amides is 1. The average Bonchev–Trinajstić information content (AvgIpc) is 2.79. The first-order valence-electron chi connectivity index (χ1n) is 9.76. The second kappa shape index (κ2) is 9.14. The third-order valence-corrected chi connectivity index (χ3v) is 4.99. The Morgan fingerprint density at radius 3 is 2.69 bits per heavy atom. The van der Waals surface area contributed by atoms with E-state index in [0.717, 1.165) is 49.5 Å². The molecule has 0 spiro atoms. The van der Waals surface area contributed by atoms with Crippen LogP contribution in [0, 0.1) is 6.20 Å². The molecule has 7 heteroatoms. The van der Waals surface area contributed by atoms with Crippen molar-refractivity contribution in [1.82, 2.24) is 19.9 Å². The number of nitrogens with one attached hydrogen (secondary N) is 1. The number of benzene rings is 1. The minimum atomic E-state index is 0.202. The lowest BCUT2D eigenvalue weighted by molar-refractivity contribution is -0.131. The molecular formula is C22H23N6O. The van der Waals surface area contributed by atoms with E-state index in [2.05, 4.69) is 37.4 Å². The number of hydrogen-bond acceptors (Lipinski definition) is 6. The molecule has 1 aromatic carbocycles. The van der Waals surface area contributed by atoms with E-state index in [1.165, 1.54) is 0 Å². The number of pyridine rings is 1. The lowest BCUT2D eigenvalue weighted by Gasteiger charge is -2.37. The van der Waals surface area contributed by atoms with Gasteiger partial charge in [0.1, 0.15) is 0 Å². The van der Waals surface area contributed by atoms with Gasteiger partial charge in [-0.1, -0.05) is 18.2 Å². The van der Waals surface area contributed by atoms with Crippen molar-refractivity contribution in [3.8, 4) is 0 Å². The molecular weight excluding hydrogens is 364 g/mol. The zero-order valence-corrected chi connectivity index (χ0v) is 16.2. The largest absolute Gasteiger partial charge is 0.366 e. The molecule has 0 saturated carbocycles. The molecule has 7 nitrogen and oxygen atoms in total. The summed E-state index contributed by atoms with van der Waals surface area (Å²) in [7, 11) is 0. The molecule has 1 aliphatic heterocycles. The molecule has 0 bridgehead atoms. The highest BCUT2D eigenvalue weighted by Gasteiger charge is 2.22. The second-order valence-corrected chi connectivity index (χ2v) is 6.88. The standard InChI is InChI=1S/C22H23N6O/c29-21(9-8-18-5-3-10-23-17-18)28-15-13-27(14-16-28)20-7-2-1-6-19(20)26-22-24-11-4-12-25-22/h1-7,10-11,17H,8-9,13-16H2,(H,24,25,26). The molecule has 4 rings (SSSR count). The van der Waals surface area contributed by atoms with Crippen molar-refractivity contribution in [2.75, 3.05) is 36.4 Å². The van der Waals surface area contributed by atoms with E-state index in [1.54, 1.807) is 18.5 Å². The zero-order chi connectivity index (χ0) is 19.9. The van der Waals surface area contributed by atoms with E-state index in [1.807, 2.05) is 41.4 Å². The summed E-state index contributed by atoms with van der Waals surface area (Å²) in [6.45, 7) is 3.02. The predicted molar refractivity (Wildman–Crippen MR) is 112 cm³/mol. The van der Waals surface area contributed by atoms with Crippen LogP contribution in [0.4, 0.5) is 17.3 Å². The lowest BCUT2D eigenvalue weighted by atomic mass is 10.1. The van der Waals surface area contributed by atoms with E-state index in [0.29, 0.717) is 12.4 Å². The number of nitrogens with zero attached hydrogens (tertiary/aromatic N) is 5. The Kier molecular flexibility index (Phi) is 5.95. The molecule has 0 aliphatic carbocycles. The lowest BCUT2D eigenvalue weighted by Crippen LogP contribution is -2.49. The molecule has 1 saturated heterocycles. The van der Waals surface area contributed by atoms with Gasteiger partial charge in [-0.2, -0.15) is 0 Å². The Labute approximate surface area is 170 Å². The van der Waals surface area contributed by atoms with Crippen molar-refractivity contribution in [3.63, 3.8) is 0 Å². The molecule has 1 aliphatic rings. The van der Waals surface area contributed by atoms with Gasteiger partial charge in [0.2, 0.25) is 11.9 Å². The normalized spacial score (nSPS) is 13.9. The smallest absolute Gasteiger partial charge is 0.227 e. The van der Waals surface area contributed by atoms with Gasteiger partial charge in [0, 0.05) is 51.2 Å². The van der Waals surface area contributed by atoms with Crippen molar-refractivity contribution in [2.45, 2.75) is 12.8 Å². The minimum Gasteiger partial charge on any atom is -0.366 e. The molecule has 3 aromatic rings. The Morgan fingerprint density at radius 1 is 1.07 bits per heavy atom. The summed E-state index contributed by atoms with van der Waals surface area (Å²) in [5.74, 6) is 0.720. The fourth-order valence-electron chi connectivity index (χ4n) is 3.46. The summed E-state index contributed by atoms with van der Waals surface area (Å²) in [5.41, 5.74) is 3.13. The summed E-state index contributed by atoms with van der Waals surface area (Å²) < 4.78 is 0. The van der Waals surface area contributed by atoms with Crippen molar-refractivity contribution in [2.24, 2.45) is 0 Å². The molecule has 29 heavy (non-hydrogen) atoms. The van der Waals surface area contributed by atoms with E-state index in [4.69, 9.17) is 0 Å². The number of aromatic nitrogens is 3. The maximum atomic E-state index is 12.6. The number of carbonyl (C=O) groups excluding carboxylic acids is 1. The van der Waals surface area contributed by atoms with E-state index in [9.17, 15) is 4.79 Å². The van der Waals surface area contributed by atoms with Gasteiger partial charge in [0.25, 0.3) is 0 Å². The number of para-hydroxylation sites is 2. The fraction of sp³-hybridized carbons (Fsp3) is 0.273. The Bertz CT molecular complexity index is 926. The Hall–Kier alpha value is -3.48. The van der Waals surface area contributed by atoms with Gasteiger partial charge in [0.15, 0.2) is 0 Å². The summed E-state index contributed by atoms with van der Waals surface area (Å²) in [5, 5.41) is 3.26. The van der Waals surface area contributed by atoms with Crippen LogP contribution in [0.25, 0.3) is 0 Å². The van der Waals surface area contributed by atoms with Crippen LogP contribution in [0.2, 0.25) is 0 Å². The van der Waals surface area contributed by atoms with Gasteiger partial charge in [-0.05, 0) is 36.2 Å². The first kappa shape index (κ1) is 18.9. The molecule has 1 fully saturated rings. The molecule has 1 N–H and O–H groups in total. The summed E-state index contributed by atoms with van der Waals surface area (Å²) in [4.78, 5) is 29.3. The van der Waals surface area contributed by atoms with Gasteiger partial charge >= 0.3 is 0 Å². The molecule has 147 valence electrons. The van der Waals surface area contributed by atoms with E-state index >= 15 is 0 Å². The van der Waals surface area contributed by atoms with Gasteiger partial charge in [-0.15, -0.1) is 0 Å². The quantitative estimate of drug-likeness (QED) is 0.701. The van der Waals surface area contributed by atoms with Crippen LogP contribution in [-0.2, 0) is 11.2 Å². The number of carbonyl (C=O) groups is 1. The van der Waals surface area contributed by atoms with Crippen molar-refractivity contribution in [3.05, 3.63) is 72.8 Å². The monoisotopic (exact) mass is 387 g/mol. The zero-order valence-electron chi connectivity index (χ0n) is 16.2. The maximum Gasteiger partial charge on any atom is 0.227 e. The number of piperazine rings is 1.